The predicted octanol–water partition coefficient (Wildman–Crippen LogP) is 2.57. The minimum absolute atomic E-state index is 0.260. The largest absolute Gasteiger partial charge is 0.324 e. The Hall–Kier alpha value is -0.730. The van der Waals surface area contributed by atoms with Gasteiger partial charge in [-0.3, -0.25) is 0 Å². The van der Waals surface area contributed by atoms with Crippen molar-refractivity contribution in [2.45, 2.75) is 40.5 Å². The average Bonchev–Trinajstić information content (AvgIpc) is 2.68. The number of nitrogens with zero attached hydrogens (tertiary/aromatic N) is 2. The number of hydrogen-bond donors (Lipinski definition) is 0. The first-order chi connectivity index (χ1) is 7.29. The molecule has 2 amide bonds. The summed E-state index contributed by atoms with van der Waals surface area (Å²) in [6.07, 6.45) is 2.27. The van der Waals surface area contributed by atoms with E-state index in [1.54, 1.807) is 0 Å². The maximum absolute atomic E-state index is 12.3. The average molecular weight is 224 g/mol. The highest BCUT2D eigenvalue weighted by atomic mass is 16.2. The van der Waals surface area contributed by atoms with E-state index in [1.807, 2.05) is 9.80 Å². The van der Waals surface area contributed by atoms with Gasteiger partial charge in [0.25, 0.3) is 0 Å². The molecule has 0 bridgehead atoms. The van der Waals surface area contributed by atoms with Gasteiger partial charge in [0, 0.05) is 26.2 Å². The van der Waals surface area contributed by atoms with Crippen LogP contribution in [0.25, 0.3) is 0 Å². The smallest absolute Gasteiger partial charge is 0.320 e. The maximum atomic E-state index is 12.3. The van der Waals surface area contributed by atoms with Crippen LogP contribution in [0.1, 0.15) is 40.5 Å². The summed E-state index contributed by atoms with van der Waals surface area (Å²) in [6.45, 7) is 12.7. The van der Waals surface area contributed by atoms with E-state index >= 15 is 0 Å². The number of urea groups is 1. The van der Waals surface area contributed by atoms with Gasteiger partial charge in [-0.25, -0.2) is 4.79 Å². The van der Waals surface area contributed by atoms with Crippen LogP contribution in [0.5, 0.6) is 0 Å². The van der Waals surface area contributed by atoms with E-state index in [-0.39, 0.29) is 6.03 Å². The number of likely N-dealkylation sites (tertiary alicyclic amines) is 2. The first-order valence-electron chi connectivity index (χ1n) is 6.33. The third-order valence-electron chi connectivity index (χ3n) is 3.90. The molecule has 0 aromatic carbocycles. The minimum atomic E-state index is 0.260. The van der Waals surface area contributed by atoms with Gasteiger partial charge in [0.2, 0.25) is 0 Å². The topological polar surface area (TPSA) is 23.6 Å². The van der Waals surface area contributed by atoms with Gasteiger partial charge in [0.1, 0.15) is 0 Å². The lowest BCUT2D eigenvalue weighted by molar-refractivity contribution is 0.163. The molecule has 0 aliphatic carbocycles. The molecule has 2 saturated heterocycles. The van der Waals surface area contributed by atoms with E-state index in [4.69, 9.17) is 0 Å². The lowest BCUT2D eigenvalue weighted by atomic mass is 9.93. The second kappa shape index (κ2) is 3.64. The van der Waals surface area contributed by atoms with Gasteiger partial charge in [0.15, 0.2) is 0 Å². The Balaban J connectivity index is 1.95. The molecular formula is C13H24N2O. The highest BCUT2D eigenvalue weighted by molar-refractivity contribution is 5.75. The van der Waals surface area contributed by atoms with Crippen LogP contribution in [-0.2, 0) is 0 Å². The van der Waals surface area contributed by atoms with Crippen molar-refractivity contribution in [3.63, 3.8) is 0 Å². The Labute approximate surface area is 98.8 Å². The van der Waals surface area contributed by atoms with Crippen molar-refractivity contribution in [2.24, 2.45) is 10.8 Å². The van der Waals surface area contributed by atoms with Crippen molar-refractivity contribution in [2.75, 3.05) is 26.2 Å². The molecule has 2 heterocycles. The van der Waals surface area contributed by atoms with Crippen LogP contribution in [0.3, 0.4) is 0 Å². The zero-order valence-corrected chi connectivity index (χ0v) is 11.0. The summed E-state index contributed by atoms with van der Waals surface area (Å²) in [5.41, 5.74) is 0.621. The van der Waals surface area contributed by atoms with Crippen molar-refractivity contribution in [1.29, 1.82) is 0 Å². The van der Waals surface area contributed by atoms with Crippen LogP contribution in [0, 0.1) is 10.8 Å². The van der Waals surface area contributed by atoms with Gasteiger partial charge in [-0.1, -0.05) is 27.7 Å². The van der Waals surface area contributed by atoms with Crippen LogP contribution >= 0.6 is 0 Å². The van der Waals surface area contributed by atoms with Crippen molar-refractivity contribution in [3.05, 3.63) is 0 Å². The standard InChI is InChI=1S/C13H24N2O/c1-12(2)5-7-14(9-12)11(16)15-8-6-13(3,4)10-15/h5-10H2,1-4H3. The number of amides is 2. The Bertz CT molecular complexity index is 268. The fraction of sp³-hybridized carbons (Fsp3) is 0.923. The quantitative estimate of drug-likeness (QED) is 0.620. The molecule has 0 aromatic rings. The molecule has 3 nitrogen and oxygen atoms in total. The molecule has 3 heteroatoms. The van der Waals surface area contributed by atoms with E-state index in [0.29, 0.717) is 10.8 Å². The van der Waals surface area contributed by atoms with Crippen molar-refractivity contribution in [1.82, 2.24) is 9.80 Å². The molecule has 0 unspecified atom stereocenters. The maximum Gasteiger partial charge on any atom is 0.320 e. The summed E-state index contributed by atoms with van der Waals surface area (Å²) in [5.74, 6) is 0. The predicted molar refractivity (Wildman–Crippen MR) is 65.3 cm³/mol. The first-order valence-corrected chi connectivity index (χ1v) is 6.33. The number of carbonyl (C=O) groups is 1. The van der Waals surface area contributed by atoms with Crippen molar-refractivity contribution < 1.29 is 4.79 Å². The molecule has 2 fully saturated rings. The number of carbonyl (C=O) groups excluding carboxylic acids is 1. The third kappa shape index (κ3) is 2.33. The summed E-state index contributed by atoms with van der Waals surface area (Å²) < 4.78 is 0. The van der Waals surface area contributed by atoms with Gasteiger partial charge in [-0.2, -0.15) is 0 Å². The summed E-state index contributed by atoms with van der Waals surface area (Å²) in [5, 5.41) is 0. The van der Waals surface area contributed by atoms with Gasteiger partial charge >= 0.3 is 6.03 Å². The first kappa shape index (κ1) is 11.7. The third-order valence-corrected chi connectivity index (χ3v) is 3.90. The Morgan fingerprint density at radius 1 is 0.875 bits per heavy atom. The molecule has 2 aliphatic heterocycles. The van der Waals surface area contributed by atoms with E-state index < -0.39 is 0 Å². The Morgan fingerprint density at radius 3 is 1.50 bits per heavy atom. The second-order valence-corrected chi connectivity index (χ2v) is 6.95. The van der Waals surface area contributed by atoms with Crippen LogP contribution in [0.2, 0.25) is 0 Å². The molecule has 2 rings (SSSR count). The van der Waals surface area contributed by atoms with E-state index in [2.05, 4.69) is 27.7 Å². The summed E-state index contributed by atoms with van der Waals surface area (Å²) in [7, 11) is 0. The lowest BCUT2D eigenvalue weighted by Gasteiger charge is -2.26. The molecule has 0 atom stereocenters. The molecular weight excluding hydrogens is 200 g/mol. The molecule has 0 saturated carbocycles. The fourth-order valence-corrected chi connectivity index (χ4v) is 2.75. The zero-order valence-electron chi connectivity index (χ0n) is 11.0. The molecule has 0 spiro atoms. The van der Waals surface area contributed by atoms with Crippen LogP contribution in [0.15, 0.2) is 0 Å². The number of hydrogen-bond acceptors (Lipinski definition) is 1. The SMILES string of the molecule is CC1(C)CCN(C(=O)N2CCC(C)(C)C2)C1. The monoisotopic (exact) mass is 224 g/mol. The van der Waals surface area contributed by atoms with Gasteiger partial charge in [0.05, 0.1) is 0 Å². The van der Waals surface area contributed by atoms with Crippen molar-refractivity contribution >= 4 is 6.03 Å². The summed E-state index contributed by atoms with van der Waals surface area (Å²) in [6, 6.07) is 0.260. The second-order valence-electron chi connectivity index (χ2n) is 6.95. The van der Waals surface area contributed by atoms with Crippen LogP contribution in [-0.4, -0.2) is 42.0 Å². The molecule has 92 valence electrons. The van der Waals surface area contributed by atoms with Gasteiger partial charge in [-0.05, 0) is 23.7 Å². The molecule has 16 heavy (non-hydrogen) atoms. The van der Waals surface area contributed by atoms with E-state index in [9.17, 15) is 4.79 Å². The Morgan fingerprint density at radius 2 is 1.25 bits per heavy atom. The van der Waals surface area contributed by atoms with Crippen LogP contribution < -0.4 is 0 Å². The summed E-state index contributed by atoms with van der Waals surface area (Å²) >= 11 is 0. The zero-order chi connectivity index (χ0) is 12.0. The van der Waals surface area contributed by atoms with Crippen molar-refractivity contribution in [3.8, 4) is 0 Å². The lowest BCUT2D eigenvalue weighted by Crippen LogP contribution is -2.42. The molecule has 0 N–H and O–H groups in total. The fourth-order valence-electron chi connectivity index (χ4n) is 2.75. The van der Waals surface area contributed by atoms with E-state index in [0.717, 1.165) is 39.0 Å². The minimum Gasteiger partial charge on any atom is -0.324 e. The molecule has 0 aromatic heterocycles. The van der Waals surface area contributed by atoms with E-state index in [1.165, 1.54) is 0 Å². The molecule has 0 radical (unpaired) electrons. The summed E-state index contributed by atoms with van der Waals surface area (Å²) in [4.78, 5) is 16.3. The highest BCUT2D eigenvalue weighted by Gasteiger charge is 2.38. The molecule has 2 aliphatic rings. The Kier molecular flexibility index (Phi) is 2.67. The van der Waals surface area contributed by atoms with Crippen LogP contribution in [0.4, 0.5) is 4.79 Å². The highest BCUT2D eigenvalue weighted by Crippen LogP contribution is 2.33. The normalized spacial score (nSPS) is 27.5. The number of rotatable bonds is 0. The van der Waals surface area contributed by atoms with Gasteiger partial charge in [-0.15, -0.1) is 0 Å². The van der Waals surface area contributed by atoms with Gasteiger partial charge < -0.3 is 9.80 Å².